The number of nitrogens with zero attached hydrogens (tertiary/aromatic N) is 5. The van der Waals surface area contributed by atoms with Gasteiger partial charge < -0.3 is 5.73 Å². The number of aryl methyl sites for hydroxylation is 1. The maximum absolute atomic E-state index is 6.07. The van der Waals surface area contributed by atoms with E-state index < -0.39 is 0 Å². The van der Waals surface area contributed by atoms with Crippen molar-refractivity contribution < 1.29 is 0 Å². The van der Waals surface area contributed by atoms with Crippen LogP contribution in [-0.4, -0.2) is 24.6 Å². The van der Waals surface area contributed by atoms with Crippen LogP contribution in [0.1, 0.15) is 30.0 Å². The molecule has 2 aromatic heterocycles. The molecule has 15 heavy (non-hydrogen) atoms. The zero-order valence-electron chi connectivity index (χ0n) is 8.37. The van der Waals surface area contributed by atoms with Crippen LogP contribution in [0.25, 0.3) is 0 Å². The van der Waals surface area contributed by atoms with E-state index in [1.165, 1.54) is 11.5 Å². The third-order valence-corrected chi connectivity index (χ3v) is 2.83. The standard InChI is InChI=1S/C8H12N6S/c1-2-3-14-6(4-10-12-14)8(9)7-5-11-13-15-7/h4-5,8H,2-3,9H2,1H3. The van der Waals surface area contributed by atoms with Gasteiger partial charge in [0, 0.05) is 6.54 Å². The van der Waals surface area contributed by atoms with E-state index in [0.717, 1.165) is 23.5 Å². The molecule has 0 saturated heterocycles. The minimum Gasteiger partial charge on any atom is -0.318 e. The summed E-state index contributed by atoms with van der Waals surface area (Å²) in [6, 6.07) is -0.230. The molecule has 6 nitrogen and oxygen atoms in total. The van der Waals surface area contributed by atoms with Crippen LogP contribution in [0.15, 0.2) is 12.4 Å². The molecule has 0 amide bonds. The minimum absolute atomic E-state index is 0.230. The number of rotatable bonds is 4. The van der Waals surface area contributed by atoms with Crippen LogP contribution in [0.5, 0.6) is 0 Å². The van der Waals surface area contributed by atoms with Gasteiger partial charge in [-0.15, -0.1) is 10.2 Å². The Hall–Kier alpha value is -1.34. The Kier molecular flexibility index (Phi) is 3.02. The van der Waals surface area contributed by atoms with Crippen molar-refractivity contribution in [2.24, 2.45) is 5.73 Å². The Bertz CT molecular complexity index is 408. The van der Waals surface area contributed by atoms with E-state index in [9.17, 15) is 0 Å². The van der Waals surface area contributed by atoms with E-state index in [0.29, 0.717) is 0 Å². The quantitative estimate of drug-likeness (QED) is 0.821. The van der Waals surface area contributed by atoms with Gasteiger partial charge >= 0.3 is 0 Å². The molecule has 0 aromatic carbocycles. The highest BCUT2D eigenvalue weighted by molar-refractivity contribution is 7.05. The fourth-order valence-corrected chi connectivity index (χ4v) is 1.87. The van der Waals surface area contributed by atoms with Gasteiger partial charge in [0.25, 0.3) is 0 Å². The number of aromatic nitrogens is 5. The van der Waals surface area contributed by atoms with Gasteiger partial charge in [0.05, 0.1) is 29.0 Å². The number of hydrogen-bond donors (Lipinski definition) is 1. The van der Waals surface area contributed by atoms with Gasteiger partial charge in [-0.3, -0.25) is 0 Å². The summed E-state index contributed by atoms with van der Waals surface area (Å²) < 4.78 is 5.61. The first-order valence-electron chi connectivity index (χ1n) is 4.74. The summed E-state index contributed by atoms with van der Waals surface area (Å²) in [5.74, 6) is 0. The van der Waals surface area contributed by atoms with Crippen LogP contribution in [0.3, 0.4) is 0 Å². The van der Waals surface area contributed by atoms with E-state index in [-0.39, 0.29) is 6.04 Å². The maximum atomic E-state index is 6.07. The molecule has 2 aromatic rings. The highest BCUT2D eigenvalue weighted by atomic mass is 32.1. The molecule has 1 unspecified atom stereocenters. The van der Waals surface area contributed by atoms with Crippen LogP contribution in [0.4, 0.5) is 0 Å². The molecular formula is C8H12N6S. The molecule has 7 heteroatoms. The predicted molar refractivity (Wildman–Crippen MR) is 56.3 cm³/mol. The van der Waals surface area contributed by atoms with Gasteiger partial charge in [-0.05, 0) is 18.0 Å². The highest BCUT2D eigenvalue weighted by Gasteiger charge is 2.16. The van der Waals surface area contributed by atoms with Crippen LogP contribution in [0.2, 0.25) is 0 Å². The summed E-state index contributed by atoms with van der Waals surface area (Å²) >= 11 is 1.30. The summed E-state index contributed by atoms with van der Waals surface area (Å²) in [5, 5.41) is 11.6. The average molecular weight is 224 g/mol. The highest BCUT2D eigenvalue weighted by Crippen LogP contribution is 2.20. The third-order valence-electron chi connectivity index (χ3n) is 2.09. The van der Waals surface area contributed by atoms with Crippen LogP contribution >= 0.6 is 11.5 Å². The second kappa shape index (κ2) is 4.45. The van der Waals surface area contributed by atoms with Crippen molar-refractivity contribution in [3.63, 3.8) is 0 Å². The SMILES string of the molecule is CCCn1nncc1C(N)c1cnns1. The number of hydrogen-bond acceptors (Lipinski definition) is 6. The monoisotopic (exact) mass is 224 g/mol. The lowest BCUT2D eigenvalue weighted by atomic mass is 10.2. The molecular weight excluding hydrogens is 212 g/mol. The molecule has 0 aliphatic rings. The molecule has 0 fully saturated rings. The Morgan fingerprint density at radius 1 is 1.47 bits per heavy atom. The topological polar surface area (TPSA) is 82.5 Å². The molecule has 0 saturated carbocycles. The van der Waals surface area contributed by atoms with E-state index >= 15 is 0 Å². The third kappa shape index (κ3) is 2.02. The van der Waals surface area contributed by atoms with E-state index in [2.05, 4.69) is 26.8 Å². The Labute approximate surface area is 91.3 Å². The lowest BCUT2D eigenvalue weighted by Gasteiger charge is -2.09. The van der Waals surface area contributed by atoms with Crippen LogP contribution in [0, 0.1) is 0 Å². The van der Waals surface area contributed by atoms with E-state index in [1.54, 1.807) is 12.4 Å². The van der Waals surface area contributed by atoms with Gasteiger partial charge in [0.15, 0.2) is 0 Å². The van der Waals surface area contributed by atoms with Gasteiger partial charge in [-0.25, -0.2) is 4.68 Å². The molecule has 0 spiro atoms. The van der Waals surface area contributed by atoms with Gasteiger partial charge in [-0.2, -0.15) is 0 Å². The average Bonchev–Trinajstić information content (AvgIpc) is 2.87. The summed E-state index contributed by atoms with van der Waals surface area (Å²) in [6.45, 7) is 2.92. The van der Waals surface area contributed by atoms with Crippen molar-refractivity contribution >= 4 is 11.5 Å². The molecule has 2 rings (SSSR count). The molecule has 1 atom stereocenters. The predicted octanol–water partition coefficient (Wildman–Crippen LogP) is 0.588. The molecule has 0 aliphatic carbocycles. The molecule has 2 N–H and O–H groups in total. The van der Waals surface area contributed by atoms with Crippen LogP contribution in [-0.2, 0) is 6.54 Å². The smallest absolute Gasteiger partial charge is 0.0865 e. The molecule has 0 aliphatic heterocycles. The van der Waals surface area contributed by atoms with E-state index in [1.807, 2.05) is 4.68 Å². The maximum Gasteiger partial charge on any atom is 0.0865 e. The van der Waals surface area contributed by atoms with Crippen molar-refractivity contribution in [3.05, 3.63) is 23.0 Å². The largest absolute Gasteiger partial charge is 0.318 e. The lowest BCUT2D eigenvalue weighted by molar-refractivity contribution is 0.545. The van der Waals surface area contributed by atoms with Crippen molar-refractivity contribution in [2.75, 3.05) is 0 Å². The first-order valence-corrected chi connectivity index (χ1v) is 5.51. The Balaban J connectivity index is 2.25. The summed E-state index contributed by atoms with van der Waals surface area (Å²) in [4.78, 5) is 0.926. The van der Waals surface area contributed by atoms with Crippen molar-refractivity contribution in [1.29, 1.82) is 0 Å². The molecule has 0 bridgehead atoms. The first-order chi connectivity index (χ1) is 7.33. The van der Waals surface area contributed by atoms with Crippen molar-refractivity contribution in [2.45, 2.75) is 25.9 Å². The van der Waals surface area contributed by atoms with Gasteiger partial charge in [-0.1, -0.05) is 16.6 Å². The normalized spacial score (nSPS) is 12.9. The lowest BCUT2D eigenvalue weighted by Crippen LogP contribution is -2.16. The molecule has 80 valence electrons. The number of nitrogens with two attached hydrogens (primary N) is 1. The molecule has 0 radical (unpaired) electrons. The summed E-state index contributed by atoms with van der Waals surface area (Å²) in [7, 11) is 0. The van der Waals surface area contributed by atoms with Gasteiger partial charge in [0.1, 0.15) is 0 Å². The zero-order valence-corrected chi connectivity index (χ0v) is 9.18. The van der Waals surface area contributed by atoms with E-state index in [4.69, 9.17) is 5.73 Å². The second-order valence-electron chi connectivity index (χ2n) is 3.18. The summed E-state index contributed by atoms with van der Waals surface area (Å²) in [6.07, 6.45) is 4.38. The fourth-order valence-electron chi connectivity index (χ4n) is 1.35. The summed E-state index contributed by atoms with van der Waals surface area (Å²) in [5.41, 5.74) is 6.97. The molecule has 2 heterocycles. The minimum atomic E-state index is -0.230. The van der Waals surface area contributed by atoms with Crippen molar-refractivity contribution in [3.8, 4) is 0 Å². The second-order valence-corrected chi connectivity index (χ2v) is 4.00. The van der Waals surface area contributed by atoms with Crippen LogP contribution < -0.4 is 5.73 Å². The Morgan fingerprint density at radius 3 is 3.00 bits per heavy atom. The zero-order chi connectivity index (χ0) is 10.7. The Morgan fingerprint density at radius 2 is 2.33 bits per heavy atom. The fraction of sp³-hybridized carbons (Fsp3) is 0.500. The van der Waals surface area contributed by atoms with Gasteiger partial charge in [0.2, 0.25) is 0 Å². The first kappa shape index (κ1) is 10.2. The van der Waals surface area contributed by atoms with Crippen molar-refractivity contribution in [1.82, 2.24) is 24.6 Å².